The van der Waals surface area contributed by atoms with Crippen LogP contribution < -0.4 is 16.8 Å². The van der Waals surface area contributed by atoms with Gasteiger partial charge in [-0.25, -0.2) is 0 Å². The highest BCUT2D eigenvalue weighted by molar-refractivity contribution is 9.10. The molecule has 1 N–H and O–H groups in total. The van der Waals surface area contributed by atoms with Crippen molar-refractivity contribution in [3.05, 3.63) is 102 Å². The van der Waals surface area contributed by atoms with Crippen LogP contribution in [0, 0.1) is 0 Å². The fourth-order valence-electron chi connectivity index (χ4n) is 4.18. The monoisotopic (exact) mass is 473 g/mol. The highest BCUT2D eigenvalue weighted by Gasteiger charge is 2.24. The number of hydrogen-bond donors (Lipinski definition) is 1. The lowest BCUT2D eigenvalue weighted by atomic mass is 10.1. The van der Waals surface area contributed by atoms with Crippen LogP contribution >= 0.6 is 15.9 Å². The standard InChI is InChI=1S/C25H17BrN3.ClH/c26-18-10-12-19(13-11-18)29-16-28-15-14-21-20-8-4-5-9-22(20)27-23(21)25(28)24(29)17-6-2-1-3-7-17;/h1-16,27H;1H/q+1;/p-1. The first-order valence-corrected chi connectivity index (χ1v) is 10.4. The fourth-order valence-corrected chi connectivity index (χ4v) is 4.45. The SMILES string of the molecule is Brc1ccc(-n2c[n+]3ccc4c5ccccc5[nH]c4c3c2-c2ccccc2)cc1.[Cl-]. The Morgan fingerprint density at radius 1 is 0.767 bits per heavy atom. The van der Waals surface area contributed by atoms with Gasteiger partial charge < -0.3 is 17.4 Å². The van der Waals surface area contributed by atoms with E-state index < -0.39 is 0 Å². The first-order valence-electron chi connectivity index (χ1n) is 9.57. The second kappa shape index (κ2) is 7.31. The van der Waals surface area contributed by atoms with Gasteiger partial charge in [-0.3, -0.25) is 0 Å². The van der Waals surface area contributed by atoms with Crippen molar-refractivity contribution in [2.45, 2.75) is 0 Å². The van der Waals surface area contributed by atoms with Crippen LogP contribution in [0.3, 0.4) is 0 Å². The third kappa shape index (κ3) is 2.83. The number of nitrogens with one attached hydrogen (secondary N) is 1. The van der Waals surface area contributed by atoms with Crippen LogP contribution in [0.15, 0.2) is 102 Å². The molecule has 0 saturated carbocycles. The summed E-state index contributed by atoms with van der Waals surface area (Å²) in [6.45, 7) is 0. The number of nitrogens with zero attached hydrogens (tertiary/aromatic N) is 2. The molecule has 3 heterocycles. The Balaban J connectivity index is 0.00000193. The van der Waals surface area contributed by atoms with E-state index in [4.69, 9.17) is 0 Å². The predicted molar refractivity (Wildman–Crippen MR) is 121 cm³/mol. The van der Waals surface area contributed by atoms with Crippen LogP contribution in [0.25, 0.3) is 44.3 Å². The minimum atomic E-state index is 0. The fraction of sp³-hybridized carbons (Fsp3) is 0. The number of aromatic nitrogens is 3. The van der Waals surface area contributed by atoms with Gasteiger partial charge in [-0.15, -0.1) is 0 Å². The maximum absolute atomic E-state index is 3.66. The van der Waals surface area contributed by atoms with Gasteiger partial charge in [0.25, 0.3) is 6.33 Å². The van der Waals surface area contributed by atoms with E-state index in [1.165, 1.54) is 27.5 Å². The quantitative estimate of drug-likeness (QED) is 0.373. The Bertz CT molecular complexity index is 1500. The molecule has 0 aliphatic rings. The van der Waals surface area contributed by atoms with Gasteiger partial charge >= 0.3 is 0 Å². The molecule has 0 unspecified atom stereocenters. The van der Waals surface area contributed by atoms with Crippen molar-refractivity contribution < 1.29 is 16.8 Å². The Morgan fingerprint density at radius 3 is 2.30 bits per heavy atom. The third-order valence-electron chi connectivity index (χ3n) is 5.50. The van der Waals surface area contributed by atoms with Gasteiger partial charge in [-0.2, -0.15) is 8.97 Å². The number of benzene rings is 3. The number of fused-ring (bicyclic) bond motifs is 5. The summed E-state index contributed by atoms with van der Waals surface area (Å²) < 4.78 is 5.55. The van der Waals surface area contributed by atoms with Crippen LogP contribution in [0.1, 0.15) is 0 Å². The molecule has 0 radical (unpaired) electrons. The van der Waals surface area contributed by atoms with Crippen LogP contribution in [-0.2, 0) is 0 Å². The summed E-state index contributed by atoms with van der Waals surface area (Å²) in [6.07, 6.45) is 4.31. The van der Waals surface area contributed by atoms with Crippen molar-refractivity contribution in [1.29, 1.82) is 0 Å². The summed E-state index contributed by atoms with van der Waals surface area (Å²) in [4.78, 5) is 3.66. The largest absolute Gasteiger partial charge is 1.00 e. The lowest BCUT2D eigenvalue weighted by molar-refractivity contribution is -0.510. The summed E-state index contributed by atoms with van der Waals surface area (Å²) >= 11 is 3.55. The molecule has 0 spiro atoms. The highest BCUT2D eigenvalue weighted by Crippen LogP contribution is 2.33. The predicted octanol–water partition coefficient (Wildman–Crippen LogP) is 3.28. The average Bonchev–Trinajstić information content (AvgIpc) is 3.33. The molecule has 0 aliphatic heterocycles. The summed E-state index contributed by atoms with van der Waals surface area (Å²) in [5.74, 6) is 0. The van der Waals surface area contributed by atoms with Crippen molar-refractivity contribution in [1.82, 2.24) is 9.55 Å². The minimum absolute atomic E-state index is 0. The van der Waals surface area contributed by atoms with Crippen molar-refractivity contribution >= 4 is 43.3 Å². The van der Waals surface area contributed by atoms with E-state index >= 15 is 0 Å². The van der Waals surface area contributed by atoms with Crippen LogP contribution in [0.2, 0.25) is 0 Å². The van der Waals surface area contributed by atoms with Gasteiger partial charge in [-0.05, 0) is 36.4 Å². The number of H-pyrrole nitrogens is 1. The van der Waals surface area contributed by atoms with Gasteiger partial charge in [0, 0.05) is 26.3 Å². The average molecular weight is 475 g/mol. The lowest BCUT2D eigenvalue weighted by Crippen LogP contribution is -3.00. The first kappa shape index (κ1) is 18.9. The zero-order valence-corrected chi connectivity index (χ0v) is 18.2. The van der Waals surface area contributed by atoms with E-state index in [1.807, 2.05) is 0 Å². The Morgan fingerprint density at radius 2 is 1.50 bits per heavy atom. The molecule has 0 atom stereocenters. The molecular formula is C25H17BrClN3. The number of para-hydroxylation sites is 1. The molecule has 146 valence electrons. The normalized spacial score (nSPS) is 11.2. The Kier molecular flexibility index (Phi) is 4.61. The van der Waals surface area contributed by atoms with Crippen molar-refractivity contribution in [3.63, 3.8) is 0 Å². The zero-order valence-electron chi connectivity index (χ0n) is 15.9. The van der Waals surface area contributed by atoms with E-state index in [2.05, 4.69) is 127 Å². The number of pyridine rings is 1. The third-order valence-corrected chi connectivity index (χ3v) is 6.03. The number of aromatic amines is 1. The number of hydrogen-bond acceptors (Lipinski definition) is 0. The molecule has 0 aliphatic carbocycles. The molecule has 6 aromatic rings. The molecule has 30 heavy (non-hydrogen) atoms. The molecule has 0 fully saturated rings. The molecule has 3 aromatic heterocycles. The van der Waals surface area contributed by atoms with Crippen molar-refractivity contribution in [2.75, 3.05) is 0 Å². The molecule has 0 amide bonds. The van der Waals surface area contributed by atoms with Crippen molar-refractivity contribution in [2.24, 2.45) is 0 Å². The van der Waals surface area contributed by atoms with Gasteiger partial charge in [0.1, 0.15) is 5.69 Å². The van der Waals surface area contributed by atoms with E-state index in [0.717, 1.165) is 21.2 Å². The van der Waals surface area contributed by atoms with Crippen LogP contribution in [0.5, 0.6) is 0 Å². The topological polar surface area (TPSA) is 24.8 Å². The van der Waals surface area contributed by atoms with E-state index in [0.29, 0.717) is 0 Å². The molecule has 6 rings (SSSR count). The second-order valence-corrected chi connectivity index (χ2v) is 8.12. The summed E-state index contributed by atoms with van der Waals surface area (Å²) in [5.41, 5.74) is 6.97. The van der Waals surface area contributed by atoms with E-state index in [1.54, 1.807) is 0 Å². The number of rotatable bonds is 2. The van der Waals surface area contributed by atoms with Crippen LogP contribution in [-0.4, -0.2) is 9.55 Å². The van der Waals surface area contributed by atoms with E-state index in [9.17, 15) is 0 Å². The summed E-state index contributed by atoms with van der Waals surface area (Å²) in [7, 11) is 0. The van der Waals surface area contributed by atoms with Gasteiger partial charge in [0.15, 0.2) is 5.69 Å². The lowest BCUT2D eigenvalue weighted by Gasteiger charge is -2.03. The van der Waals surface area contributed by atoms with E-state index in [-0.39, 0.29) is 12.4 Å². The summed E-state index contributed by atoms with van der Waals surface area (Å²) in [5, 5.41) is 2.49. The smallest absolute Gasteiger partial charge is 0.254 e. The number of halogens is 2. The van der Waals surface area contributed by atoms with Gasteiger partial charge in [0.05, 0.1) is 11.7 Å². The highest BCUT2D eigenvalue weighted by atomic mass is 79.9. The first-order chi connectivity index (χ1) is 14.3. The molecule has 5 heteroatoms. The Hall–Kier alpha value is -3.08. The molecule has 3 aromatic carbocycles. The zero-order chi connectivity index (χ0) is 19.4. The maximum atomic E-state index is 3.66. The van der Waals surface area contributed by atoms with Crippen molar-refractivity contribution in [3.8, 4) is 16.9 Å². The Labute approximate surface area is 188 Å². The molecular weight excluding hydrogens is 458 g/mol. The minimum Gasteiger partial charge on any atom is -1.00 e. The van der Waals surface area contributed by atoms with Gasteiger partial charge in [-0.1, -0.05) is 64.5 Å². The maximum Gasteiger partial charge on any atom is 0.254 e. The molecule has 0 bridgehead atoms. The van der Waals surface area contributed by atoms with Gasteiger partial charge in [0.2, 0.25) is 5.52 Å². The summed E-state index contributed by atoms with van der Waals surface area (Å²) in [6, 6.07) is 29.7. The molecule has 3 nitrogen and oxygen atoms in total. The second-order valence-electron chi connectivity index (χ2n) is 7.21. The molecule has 0 saturated heterocycles. The number of imidazole rings is 1. The van der Waals surface area contributed by atoms with Crippen LogP contribution in [0.4, 0.5) is 0 Å².